The monoisotopic (exact) mass is 305 g/mol. The van der Waals surface area contributed by atoms with Crippen LogP contribution in [0.4, 0.5) is 0 Å². The summed E-state index contributed by atoms with van der Waals surface area (Å²) in [4.78, 5) is 32.7. The minimum Gasteiger partial charge on any atom is -0.479 e. The Morgan fingerprint density at radius 1 is 1.48 bits per heavy atom. The number of rotatable bonds is 7. The van der Waals surface area contributed by atoms with E-state index in [4.69, 9.17) is 14.6 Å². The zero-order valence-corrected chi connectivity index (χ0v) is 11.5. The molecule has 0 aromatic heterocycles. The second-order valence-electron chi connectivity index (χ2n) is 4.85. The minimum atomic E-state index is -1.61. The van der Waals surface area contributed by atoms with Crippen molar-refractivity contribution >= 4 is 18.2 Å². The van der Waals surface area contributed by atoms with Crippen LogP contribution >= 0.6 is 0 Å². The van der Waals surface area contributed by atoms with Crippen molar-refractivity contribution in [1.82, 2.24) is 5.32 Å². The quantitative estimate of drug-likeness (QED) is 0.391. The highest BCUT2D eigenvalue weighted by Gasteiger charge is 2.41. The van der Waals surface area contributed by atoms with Crippen LogP contribution in [-0.4, -0.2) is 71.2 Å². The van der Waals surface area contributed by atoms with E-state index in [2.05, 4.69) is 5.32 Å². The van der Waals surface area contributed by atoms with Gasteiger partial charge in [-0.15, -0.1) is 0 Å². The number of amides is 1. The number of hydrogen-bond acceptors (Lipinski definition) is 7. The Kier molecular flexibility index (Phi) is 6.69. The number of aliphatic hydroxyl groups excluding tert-OH is 2. The summed E-state index contributed by atoms with van der Waals surface area (Å²) in [5.41, 5.74) is 0. The van der Waals surface area contributed by atoms with E-state index >= 15 is 0 Å². The van der Waals surface area contributed by atoms with Crippen molar-refractivity contribution in [2.24, 2.45) is 5.92 Å². The van der Waals surface area contributed by atoms with E-state index in [-0.39, 0.29) is 18.9 Å². The predicted molar refractivity (Wildman–Crippen MR) is 67.1 cm³/mol. The highest BCUT2D eigenvalue weighted by molar-refractivity contribution is 5.77. The molecule has 3 unspecified atom stereocenters. The van der Waals surface area contributed by atoms with E-state index in [1.54, 1.807) is 6.92 Å². The molecular formula is C12H19NO8. The molecule has 1 heterocycles. The summed E-state index contributed by atoms with van der Waals surface area (Å²) in [6.45, 7) is 1.38. The van der Waals surface area contributed by atoms with E-state index in [0.29, 0.717) is 6.29 Å². The predicted octanol–water partition coefficient (Wildman–Crippen LogP) is -2.12. The van der Waals surface area contributed by atoms with Gasteiger partial charge >= 0.3 is 5.97 Å². The largest absolute Gasteiger partial charge is 0.479 e. The molecule has 120 valence electrons. The molecule has 9 heteroatoms. The van der Waals surface area contributed by atoms with Crippen LogP contribution in [0.3, 0.4) is 0 Å². The van der Waals surface area contributed by atoms with Crippen molar-refractivity contribution in [1.29, 1.82) is 0 Å². The fraction of sp³-hybridized carbons (Fsp3) is 0.750. The number of carbonyl (C=O) groups excluding carboxylic acids is 2. The number of nitrogens with one attached hydrogen (secondary N) is 1. The summed E-state index contributed by atoms with van der Waals surface area (Å²) >= 11 is 0. The molecule has 0 bridgehead atoms. The molecular weight excluding hydrogens is 286 g/mol. The number of aliphatic hydroxyl groups is 2. The average Bonchev–Trinajstić information content (AvgIpc) is 2.45. The molecule has 0 aliphatic carbocycles. The molecule has 4 N–H and O–H groups in total. The molecule has 0 radical (unpaired) electrons. The minimum absolute atomic E-state index is 0.150. The molecule has 21 heavy (non-hydrogen) atoms. The Bertz CT molecular complexity index is 387. The number of aldehydes is 1. The van der Waals surface area contributed by atoms with Gasteiger partial charge in [-0.2, -0.15) is 0 Å². The summed E-state index contributed by atoms with van der Waals surface area (Å²) in [7, 11) is 0. The Labute approximate surface area is 120 Å². The van der Waals surface area contributed by atoms with Crippen LogP contribution in [0, 0.1) is 5.92 Å². The van der Waals surface area contributed by atoms with Gasteiger partial charge in [-0.25, -0.2) is 4.79 Å². The summed E-state index contributed by atoms with van der Waals surface area (Å²) < 4.78 is 10.0. The van der Waals surface area contributed by atoms with Crippen LogP contribution in [0.5, 0.6) is 0 Å². The lowest BCUT2D eigenvalue weighted by atomic mass is 10.0. The lowest BCUT2D eigenvalue weighted by molar-refractivity contribution is -0.250. The molecule has 1 aliphatic rings. The van der Waals surface area contributed by atoms with Crippen LogP contribution in [0.1, 0.15) is 13.3 Å². The Hall–Kier alpha value is -1.55. The van der Waals surface area contributed by atoms with Crippen LogP contribution in [0.25, 0.3) is 0 Å². The number of hydrogen-bond donors (Lipinski definition) is 4. The molecule has 0 saturated carbocycles. The molecule has 1 aliphatic heterocycles. The summed E-state index contributed by atoms with van der Waals surface area (Å²) in [5, 5.41) is 30.3. The van der Waals surface area contributed by atoms with Crippen LogP contribution in [0.2, 0.25) is 0 Å². The topological polar surface area (TPSA) is 142 Å². The van der Waals surface area contributed by atoms with Crippen molar-refractivity contribution in [3.63, 3.8) is 0 Å². The second-order valence-corrected chi connectivity index (χ2v) is 4.85. The van der Waals surface area contributed by atoms with Gasteiger partial charge < -0.3 is 34.9 Å². The zero-order chi connectivity index (χ0) is 16.0. The summed E-state index contributed by atoms with van der Waals surface area (Å²) in [6.07, 6.45) is -5.05. The van der Waals surface area contributed by atoms with Crippen LogP contribution in [-0.2, 0) is 23.9 Å². The number of ether oxygens (including phenoxy) is 2. The van der Waals surface area contributed by atoms with E-state index in [1.807, 2.05) is 0 Å². The Morgan fingerprint density at radius 3 is 2.71 bits per heavy atom. The lowest BCUT2D eigenvalue weighted by Gasteiger charge is -2.34. The highest BCUT2D eigenvalue weighted by atomic mass is 16.7. The number of carboxylic acids is 1. The standard InChI is InChI=1S/C12H19NO8/c1-6(4-14)3-13-8(16)5-20-9-2-7(15)10(17)11(21-9)12(18)19/h4,6-7,9-11,15,17H,2-3,5H2,1H3,(H,13,16)(H,18,19)/t6-,7+,9?,10?,11?/m0/s1. The second kappa shape index (κ2) is 8.03. The first kappa shape index (κ1) is 17.5. The van der Waals surface area contributed by atoms with Crippen LogP contribution < -0.4 is 5.32 Å². The van der Waals surface area contributed by atoms with E-state index < -0.39 is 43.1 Å². The van der Waals surface area contributed by atoms with Crippen molar-refractivity contribution in [3.05, 3.63) is 0 Å². The lowest BCUT2D eigenvalue weighted by Crippen LogP contribution is -2.52. The first-order valence-electron chi connectivity index (χ1n) is 6.43. The maximum absolute atomic E-state index is 11.4. The number of aliphatic carboxylic acids is 1. The van der Waals surface area contributed by atoms with Gasteiger partial charge in [0, 0.05) is 18.9 Å². The van der Waals surface area contributed by atoms with Gasteiger partial charge in [0.15, 0.2) is 12.4 Å². The molecule has 1 amide bonds. The maximum atomic E-state index is 11.4. The van der Waals surface area contributed by atoms with Crippen molar-refractivity contribution in [2.75, 3.05) is 13.2 Å². The molecule has 5 atom stereocenters. The van der Waals surface area contributed by atoms with Gasteiger partial charge in [0.05, 0.1) is 6.10 Å². The maximum Gasteiger partial charge on any atom is 0.335 e. The van der Waals surface area contributed by atoms with Gasteiger partial charge in [0.25, 0.3) is 0 Å². The molecule has 1 saturated heterocycles. The van der Waals surface area contributed by atoms with E-state index in [0.717, 1.165) is 0 Å². The normalized spacial score (nSPS) is 30.4. The Balaban J connectivity index is 2.39. The third-order valence-electron chi connectivity index (χ3n) is 2.93. The molecule has 0 aromatic carbocycles. The zero-order valence-electron chi connectivity index (χ0n) is 11.5. The van der Waals surface area contributed by atoms with Gasteiger partial charge in [-0.1, -0.05) is 6.92 Å². The molecule has 0 spiro atoms. The Morgan fingerprint density at radius 2 is 2.14 bits per heavy atom. The average molecular weight is 305 g/mol. The van der Waals surface area contributed by atoms with Crippen molar-refractivity contribution in [3.8, 4) is 0 Å². The van der Waals surface area contributed by atoms with Gasteiger partial charge in [-0.05, 0) is 0 Å². The molecule has 1 fully saturated rings. The number of carboxylic acid groups (broad SMARTS) is 1. The fourth-order valence-electron chi connectivity index (χ4n) is 1.69. The first-order chi connectivity index (χ1) is 9.85. The first-order valence-corrected chi connectivity index (χ1v) is 6.43. The summed E-state index contributed by atoms with van der Waals surface area (Å²) in [5.74, 6) is -2.26. The van der Waals surface area contributed by atoms with Crippen LogP contribution in [0.15, 0.2) is 0 Å². The SMILES string of the molecule is C[C@H](C=O)CNC(=O)COC1C[C@@H](O)C(O)C(C(=O)O)O1. The number of carbonyl (C=O) groups is 3. The van der Waals surface area contributed by atoms with Gasteiger partial charge in [-0.3, -0.25) is 4.79 Å². The molecule has 1 rings (SSSR count). The molecule has 0 aromatic rings. The van der Waals surface area contributed by atoms with Gasteiger partial charge in [0.1, 0.15) is 19.0 Å². The summed E-state index contributed by atoms with van der Waals surface area (Å²) in [6, 6.07) is 0. The highest BCUT2D eigenvalue weighted by Crippen LogP contribution is 2.21. The molecule has 9 nitrogen and oxygen atoms in total. The van der Waals surface area contributed by atoms with E-state index in [1.165, 1.54) is 0 Å². The van der Waals surface area contributed by atoms with E-state index in [9.17, 15) is 24.6 Å². The smallest absolute Gasteiger partial charge is 0.335 e. The third kappa shape index (κ3) is 5.38. The van der Waals surface area contributed by atoms with Crippen molar-refractivity contribution < 1.29 is 39.2 Å². The third-order valence-corrected chi connectivity index (χ3v) is 2.93. The van der Waals surface area contributed by atoms with Gasteiger partial charge in [0.2, 0.25) is 5.91 Å². The fourth-order valence-corrected chi connectivity index (χ4v) is 1.69. The van der Waals surface area contributed by atoms with Crippen molar-refractivity contribution in [2.45, 2.75) is 37.9 Å².